The first kappa shape index (κ1) is 29.6. The summed E-state index contributed by atoms with van der Waals surface area (Å²) in [6.45, 7) is 13.5. The minimum absolute atomic E-state index is 0.0508. The molecule has 5 heterocycles. The second-order valence-electron chi connectivity index (χ2n) is 11.5. The van der Waals surface area contributed by atoms with Crippen LogP contribution in [0.25, 0.3) is 22.4 Å². The predicted octanol–water partition coefficient (Wildman–Crippen LogP) is 2.37. The molecule has 0 unspecified atom stereocenters. The van der Waals surface area contributed by atoms with Crippen LogP contribution in [0.15, 0.2) is 22.0 Å². The van der Waals surface area contributed by atoms with Crippen molar-refractivity contribution in [1.29, 1.82) is 0 Å². The number of likely N-dealkylation sites (tertiary alicyclic amines) is 1. The van der Waals surface area contributed by atoms with Crippen LogP contribution in [-0.4, -0.2) is 107 Å². The number of aromatic amines is 1. The highest BCUT2D eigenvalue weighted by molar-refractivity contribution is 7.89. The molecule has 0 saturated carbocycles. The SMILES string of the molecule is CCc1c2nc(-c3cc(S(=O)(=O)N4CCN(CC)CC4)cnc3OCC(C)C)[nH]c(=O)c2nn1C1CCN(C)CC1. The second-order valence-corrected chi connectivity index (χ2v) is 13.4. The highest BCUT2D eigenvalue weighted by atomic mass is 32.2. The molecule has 2 aliphatic heterocycles. The van der Waals surface area contributed by atoms with Crippen molar-refractivity contribution in [3.8, 4) is 17.3 Å². The largest absolute Gasteiger partial charge is 0.477 e. The Labute approximate surface area is 241 Å². The maximum absolute atomic E-state index is 13.6. The first-order valence-corrected chi connectivity index (χ1v) is 16.1. The van der Waals surface area contributed by atoms with E-state index in [4.69, 9.17) is 14.8 Å². The van der Waals surface area contributed by atoms with Gasteiger partial charge in [-0.1, -0.05) is 27.7 Å². The van der Waals surface area contributed by atoms with Crippen LogP contribution in [0.3, 0.4) is 0 Å². The highest BCUT2D eigenvalue weighted by Crippen LogP contribution is 2.32. The van der Waals surface area contributed by atoms with Gasteiger partial charge in [0.05, 0.1) is 30.1 Å². The standard InChI is InChI=1S/C28H42N8O4S/c1-6-23-24-25(32-36(23)20-8-10-33(5)11-9-20)27(37)31-26(30-24)22-16-21(17-29-28(22)40-18-19(3)4)41(38,39)35-14-12-34(7-2)13-15-35/h16-17,19-20H,6-15,18H2,1-5H3,(H,30,31,37). The smallest absolute Gasteiger partial charge is 0.279 e. The molecule has 2 saturated heterocycles. The molecule has 0 amide bonds. The van der Waals surface area contributed by atoms with Gasteiger partial charge >= 0.3 is 0 Å². The normalized spacial score (nSPS) is 18.5. The molecule has 2 aliphatic rings. The molecular weight excluding hydrogens is 544 g/mol. The second kappa shape index (κ2) is 12.2. The molecule has 0 aromatic carbocycles. The zero-order chi connectivity index (χ0) is 29.3. The molecule has 0 bridgehead atoms. The summed E-state index contributed by atoms with van der Waals surface area (Å²) in [6.07, 6.45) is 3.90. The maximum Gasteiger partial charge on any atom is 0.279 e. The number of piperidine rings is 1. The van der Waals surface area contributed by atoms with E-state index in [2.05, 4.69) is 33.7 Å². The van der Waals surface area contributed by atoms with Crippen molar-refractivity contribution in [2.24, 2.45) is 5.92 Å². The molecule has 0 spiro atoms. The summed E-state index contributed by atoms with van der Waals surface area (Å²) in [5.41, 5.74) is 1.69. The number of likely N-dealkylation sites (N-methyl/N-ethyl adjacent to an activating group) is 1. The van der Waals surface area contributed by atoms with Crippen LogP contribution in [0.2, 0.25) is 0 Å². The number of ether oxygens (including phenoxy) is 1. The number of H-pyrrole nitrogens is 1. The molecule has 3 aromatic rings. The summed E-state index contributed by atoms with van der Waals surface area (Å²) >= 11 is 0. The Bertz CT molecular complexity index is 1530. The molecule has 12 nitrogen and oxygen atoms in total. The summed E-state index contributed by atoms with van der Waals surface area (Å²) < 4.78 is 36.8. The maximum atomic E-state index is 13.6. The first-order chi connectivity index (χ1) is 19.6. The Balaban J connectivity index is 1.58. The van der Waals surface area contributed by atoms with E-state index < -0.39 is 10.0 Å². The number of nitrogens with one attached hydrogen (secondary N) is 1. The lowest BCUT2D eigenvalue weighted by Gasteiger charge is -2.33. The van der Waals surface area contributed by atoms with Crippen LogP contribution in [0.4, 0.5) is 0 Å². The van der Waals surface area contributed by atoms with Crippen molar-refractivity contribution >= 4 is 21.1 Å². The Morgan fingerprint density at radius 2 is 1.78 bits per heavy atom. The van der Waals surface area contributed by atoms with Crippen molar-refractivity contribution in [2.75, 3.05) is 59.5 Å². The Kier molecular flexibility index (Phi) is 8.78. The van der Waals surface area contributed by atoms with Crippen LogP contribution >= 0.6 is 0 Å². The van der Waals surface area contributed by atoms with Gasteiger partial charge in [-0.15, -0.1) is 0 Å². The van der Waals surface area contributed by atoms with Gasteiger partial charge in [-0.2, -0.15) is 9.40 Å². The van der Waals surface area contributed by atoms with Crippen molar-refractivity contribution in [3.05, 3.63) is 28.3 Å². The minimum Gasteiger partial charge on any atom is -0.477 e. The first-order valence-electron chi connectivity index (χ1n) is 14.7. The summed E-state index contributed by atoms with van der Waals surface area (Å²) in [7, 11) is -1.69. The van der Waals surface area contributed by atoms with Gasteiger partial charge in [0.2, 0.25) is 15.9 Å². The van der Waals surface area contributed by atoms with Crippen molar-refractivity contribution < 1.29 is 13.2 Å². The molecule has 2 fully saturated rings. The van der Waals surface area contributed by atoms with Crippen molar-refractivity contribution in [2.45, 2.75) is 57.9 Å². The van der Waals surface area contributed by atoms with E-state index in [1.54, 1.807) is 0 Å². The average Bonchev–Trinajstić information content (AvgIpc) is 3.35. The number of hydrogen-bond donors (Lipinski definition) is 1. The van der Waals surface area contributed by atoms with E-state index in [1.165, 1.54) is 16.6 Å². The Hall–Kier alpha value is -2.87. The third kappa shape index (κ3) is 6.04. The third-order valence-corrected chi connectivity index (χ3v) is 9.94. The molecule has 224 valence electrons. The number of pyridine rings is 1. The molecule has 0 atom stereocenters. The van der Waals surface area contributed by atoms with Gasteiger partial charge in [0.25, 0.3) is 5.56 Å². The van der Waals surface area contributed by atoms with E-state index >= 15 is 0 Å². The molecule has 5 rings (SSSR count). The summed E-state index contributed by atoms with van der Waals surface area (Å²) in [4.78, 5) is 30.1. The van der Waals surface area contributed by atoms with Crippen LogP contribution in [0.5, 0.6) is 5.88 Å². The van der Waals surface area contributed by atoms with E-state index in [0.29, 0.717) is 55.8 Å². The number of sulfonamides is 1. The number of nitrogens with zero attached hydrogens (tertiary/aromatic N) is 7. The van der Waals surface area contributed by atoms with E-state index in [1.807, 2.05) is 25.5 Å². The molecule has 41 heavy (non-hydrogen) atoms. The van der Waals surface area contributed by atoms with Gasteiger partial charge < -0.3 is 19.5 Å². The minimum atomic E-state index is -3.80. The lowest BCUT2D eigenvalue weighted by Crippen LogP contribution is -2.48. The molecule has 0 aliphatic carbocycles. The van der Waals surface area contributed by atoms with Crippen molar-refractivity contribution in [1.82, 2.24) is 38.8 Å². The molecule has 3 aromatic heterocycles. The van der Waals surface area contributed by atoms with Crippen LogP contribution in [0.1, 0.15) is 52.3 Å². The fourth-order valence-electron chi connectivity index (χ4n) is 5.58. The van der Waals surface area contributed by atoms with Gasteiger partial charge in [-0.05, 0) is 57.9 Å². The number of rotatable bonds is 9. The third-order valence-electron chi connectivity index (χ3n) is 8.07. The Morgan fingerprint density at radius 3 is 2.41 bits per heavy atom. The number of aryl methyl sites for hydroxylation is 1. The number of fused-ring (bicyclic) bond motifs is 1. The van der Waals surface area contributed by atoms with Gasteiger partial charge in [0.15, 0.2) is 5.52 Å². The summed E-state index contributed by atoms with van der Waals surface area (Å²) in [6, 6.07) is 1.73. The lowest BCUT2D eigenvalue weighted by molar-refractivity contribution is 0.196. The summed E-state index contributed by atoms with van der Waals surface area (Å²) in [5.74, 6) is 0.674. The van der Waals surface area contributed by atoms with Gasteiger partial charge in [-0.25, -0.2) is 18.4 Å². The number of hydrogen-bond acceptors (Lipinski definition) is 9. The molecule has 1 N–H and O–H groups in total. The molecule has 13 heteroatoms. The fourth-order valence-corrected chi connectivity index (χ4v) is 6.97. The average molecular weight is 587 g/mol. The van der Waals surface area contributed by atoms with Crippen LogP contribution in [-0.2, 0) is 16.4 Å². The predicted molar refractivity (Wildman–Crippen MR) is 158 cm³/mol. The van der Waals surface area contributed by atoms with Gasteiger partial charge in [0.1, 0.15) is 16.2 Å². The zero-order valence-corrected chi connectivity index (χ0v) is 25.6. The van der Waals surface area contributed by atoms with Crippen LogP contribution in [0, 0.1) is 5.92 Å². The Morgan fingerprint density at radius 1 is 1.07 bits per heavy atom. The summed E-state index contributed by atoms with van der Waals surface area (Å²) in [5, 5.41) is 4.72. The number of aromatic nitrogens is 5. The van der Waals surface area contributed by atoms with Gasteiger partial charge in [-0.3, -0.25) is 9.48 Å². The monoisotopic (exact) mass is 586 g/mol. The quantitative estimate of drug-likeness (QED) is 0.402. The van der Waals surface area contributed by atoms with E-state index in [0.717, 1.165) is 38.2 Å². The van der Waals surface area contributed by atoms with Gasteiger partial charge in [0, 0.05) is 26.2 Å². The fraction of sp³-hybridized carbons (Fsp3) is 0.643. The van der Waals surface area contributed by atoms with E-state index in [9.17, 15) is 13.2 Å². The highest BCUT2D eigenvalue weighted by Gasteiger charge is 2.30. The molecule has 0 radical (unpaired) electrons. The van der Waals surface area contributed by atoms with Crippen molar-refractivity contribution in [3.63, 3.8) is 0 Å². The number of piperazine rings is 1. The topological polar surface area (TPSA) is 130 Å². The lowest BCUT2D eigenvalue weighted by atomic mass is 10.1. The van der Waals surface area contributed by atoms with Crippen LogP contribution < -0.4 is 10.3 Å². The zero-order valence-electron chi connectivity index (χ0n) is 24.8. The molecular formula is C28H42N8O4S. The van der Waals surface area contributed by atoms with E-state index in [-0.39, 0.29) is 34.1 Å².